The molecular weight excluding hydrogens is 399 g/mol. The van der Waals surface area contributed by atoms with Crippen LogP contribution in [-0.2, 0) is 6.18 Å². The van der Waals surface area contributed by atoms with E-state index >= 15 is 0 Å². The summed E-state index contributed by atoms with van der Waals surface area (Å²) in [6, 6.07) is 10.2. The number of aromatic nitrogens is 2. The fourth-order valence-corrected chi connectivity index (χ4v) is 2.86. The molecule has 28 heavy (non-hydrogen) atoms. The standard InChI is InChI=1S/C18H11ClF3N3O3/c19-10-1-4-12(5-2-10)25-16(18(20,21)22)13(8-23-25)17(26)24-11-3-6-14-15(7-11)28-9-27-14/h1-8H,9H2,(H,24,26). The summed E-state index contributed by atoms with van der Waals surface area (Å²) < 4.78 is 52.1. The van der Waals surface area contributed by atoms with Gasteiger partial charge in [0.05, 0.1) is 17.4 Å². The molecule has 0 aliphatic carbocycles. The van der Waals surface area contributed by atoms with Crippen LogP contribution in [0.4, 0.5) is 18.9 Å². The zero-order valence-electron chi connectivity index (χ0n) is 14.0. The van der Waals surface area contributed by atoms with Gasteiger partial charge in [0.25, 0.3) is 5.91 Å². The van der Waals surface area contributed by atoms with Crippen molar-refractivity contribution in [1.29, 1.82) is 0 Å². The average Bonchev–Trinajstić information content (AvgIpc) is 3.28. The first-order valence-electron chi connectivity index (χ1n) is 7.95. The number of benzene rings is 2. The van der Waals surface area contributed by atoms with Crippen LogP contribution in [0.15, 0.2) is 48.7 Å². The van der Waals surface area contributed by atoms with Crippen molar-refractivity contribution >= 4 is 23.2 Å². The molecule has 0 fully saturated rings. The van der Waals surface area contributed by atoms with E-state index in [-0.39, 0.29) is 18.2 Å². The third kappa shape index (κ3) is 3.36. The van der Waals surface area contributed by atoms with Crippen molar-refractivity contribution < 1.29 is 27.4 Å². The van der Waals surface area contributed by atoms with E-state index in [1.807, 2.05) is 0 Å². The van der Waals surface area contributed by atoms with E-state index in [0.29, 0.717) is 21.2 Å². The summed E-state index contributed by atoms with van der Waals surface area (Å²) in [4.78, 5) is 12.5. The van der Waals surface area contributed by atoms with Crippen LogP contribution in [0.5, 0.6) is 11.5 Å². The second-order valence-electron chi connectivity index (χ2n) is 5.81. The van der Waals surface area contributed by atoms with Gasteiger partial charge in [-0.2, -0.15) is 18.3 Å². The highest BCUT2D eigenvalue weighted by Gasteiger charge is 2.40. The number of anilines is 1. The van der Waals surface area contributed by atoms with E-state index in [9.17, 15) is 18.0 Å². The molecule has 0 bridgehead atoms. The van der Waals surface area contributed by atoms with E-state index in [0.717, 1.165) is 6.20 Å². The van der Waals surface area contributed by atoms with Crippen molar-refractivity contribution in [3.05, 3.63) is 64.9 Å². The number of hydrogen-bond donors (Lipinski definition) is 1. The average molecular weight is 410 g/mol. The van der Waals surface area contributed by atoms with Gasteiger partial charge in [0.15, 0.2) is 17.2 Å². The molecule has 1 aliphatic heterocycles. The van der Waals surface area contributed by atoms with E-state index in [1.165, 1.54) is 36.4 Å². The molecule has 0 radical (unpaired) electrons. The van der Waals surface area contributed by atoms with Crippen LogP contribution in [0, 0.1) is 0 Å². The number of carbonyl (C=O) groups is 1. The molecule has 1 aliphatic rings. The molecule has 2 heterocycles. The highest BCUT2D eigenvalue weighted by Crippen LogP contribution is 2.36. The number of hydrogen-bond acceptors (Lipinski definition) is 4. The number of halogens is 4. The first-order valence-corrected chi connectivity index (χ1v) is 8.33. The molecule has 1 aromatic heterocycles. The number of nitrogens with zero attached hydrogens (tertiary/aromatic N) is 2. The Balaban J connectivity index is 1.69. The van der Waals surface area contributed by atoms with E-state index < -0.39 is 23.3 Å². The molecule has 0 atom stereocenters. The molecule has 10 heteroatoms. The lowest BCUT2D eigenvalue weighted by Crippen LogP contribution is -2.20. The van der Waals surface area contributed by atoms with Crippen molar-refractivity contribution in [2.24, 2.45) is 0 Å². The van der Waals surface area contributed by atoms with E-state index in [4.69, 9.17) is 21.1 Å². The second kappa shape index (κ2) is 6.75. The summed E-state index contributed by atoms with van der Waals surface area (Å²) in [5.41, 5.74) is -1.41. The molecule has 3 aromatic rings. The molecule has 1 amide bonds. The van der Waals surface area contributed by atoms with Crippen molar-refractivity contribution in [3.8, 4) is 17.2 Å². The minimum absolute atomic E-state index is 0.0405. The van der Waals surface area contributed by atoms with Crippen LogP contribution in [-0.4, -0.2) is 22.5 Å². The highest BCUT2D eigenvalue weighted by molar-refractivity contribution is 6.30. The van der Waals surface area contributed by atoms with Crippen molar-refractivity contribution in [2.45, 2.75) is 6.18 Å². The number of fused-ring (bicyclic) bond motifs is 1. The normalized spacial score (nSPS) is 12.9. The predicted octanol–water partition coefficient (Wildman–Crippen LogP) is 4.53. The van der Waals surface area contributed by atoms with E-state index in [1.54, 1.807) is 6.07 Å². The Labute approximate surface area is 161 Å². The Morgan fingerprint density at radius 2 is 1.82 bits per heavy atom. The Bertz CT molecular complexity index is 1050. The number of rotatable bonds is 3. The minimum atomic E-state index is -4.81. The Morgan fingerprint density at radius 3 is 2.54 bits per heavy atom. The van der Waals surface area contributed by atoms with Crippen LogP contribution in [0.3, 0.4) is 0 Å². The molecule has 0 spiro atoms. The van der Waals surface area contributed by atoms with Crippen LogP contribution >= 0.6 is 11.6 Å². The maximum atomic E-state index is 13.7. The molecule has 1 N–H and O–H groups in total. The van der Waals surface area contributed by atoms with Gasteiger partial charge < -0.3 is 14.8 Å². The summed E-state index contributed by atoms with van der Waals surface area (Å²) in [7, 11) is 0. The summed E-state index contributed by atoms with van der Waals surface area (Å²) in [5, 5.41) is 6.54. The maximum absolute atomic E-state index is 13.7. The number of carbonyl (C=O) groups excluding carboxylic acids is 1. The third-order valence-electron chi connectivity index (χ3n) is 3.98. The second-order valence-corrected chi connectivity index (χ2v) is 6.25. The van der Waals surface area contributed by atoms with Crippen LogP contribution in [0.1, 0.15) is 16.1 Å². The molecule has 4 rings (SSSR count). The fourth-order valence-electron chi connectivity index (χ4n) is 2.74. The quantitative estimate of drug-likeness (QED) is 0.690. The van der Waals surface area contributed by atoms with Crippen LogP contribution in [0.25, 0.3) is 5.69 Å². The summed E-state index contributed by atoms with van der Waals surface area (Å²) in [6.07, 6.45) is -3.93. The third-order valence-corrected chi connectivity index (χ3v) is 4.24. The van der Waals surface area contributed by atoms with Crippen molar-refractivity contribution in [1.82, 2.24) is 9.78 Å². The lowest BCUT2D eigenvalue weighted by atomic mass is 10.2. The maximum Gasteiger partial charge on any atom is 0.434 e. The van der Waals surface area contributed by atoms with Crippen LogP contribution in [0.2, 0.25) is 5.02 Å². The monoisotopic (exact) mass is 409 g/mol. The number of ether oxygens (including phenoxy) is 2. The first kappa shape index (κ1) is 18.2. The highest BCUT2D eigenvalue weighted by atomic mass is 35.5. The smallest absolute Gasteiger partial charge is 0.434 e. The largest absolute Gasteiger partial charge is 0.454 e. The summed E-state index contributed by atoms with van der Waals surface area (Å²) in [6.45, 7) is 0.0405. The number of amides is 1. The molecule has 6 nitrogen and oxygen atoms in total. The number of nitrogens with one attached hydrogen (secondary N) is 1. The minimum Gasteiger partial charge on any atom is -0.454 e. The van der Waals surface area contributed by atoms with Gasteiger partial charge in [-0.3, -0.25) is 4.79 Å². The lowest BCUT2D eigenvalue weighted by molar-refractivity contribution is -0.143. The zero-order valence-corrected chi connectivity index (χ0v) is 14.7. The Kier molecular flexibility index (Phi) is 4.38. The fraction of sp³-hybridized carbons (Fsp3) is 0.111. The van der Waals surface area contributed by atoms with Gasteiger partial charge in [-0.05, 0) is 36.4 Å². The van der Waals surface area contributed by atoms with Crippen LogP contribution < -0.4 is 14.8 Å². The molecule has 144 valence electrons. The first-order chi connectivity index (χ1) is 13.3. The lowest BCUT2D eigenvalue weighted by Gasteiger charge is -2.13. The number of alkyl halides is 3. The van der Waals surface area contributed by atoms with Gasteiger partial charge in [0.1, 0.15) is 0 Å². The van der Waals surface area contributed by atoms with E-state index in [2.05, 4.69) is 10.4 Å². The van der Waals surface area contributed by atoms with Gasteiger partial charge in [-0.1, -0.05) is 11.6 Å². The summed E-state index contributed by atoms with van der Waals surface area (Å²) >= 11 is 5.78. The SMILES string of the molecule is O=C(Nc1ccc2c(c1)OCO2)c1cnn(-c2ccc(Cl)cc2)c1C(F)(F)F. The molecule has 0 unspecified atom stereocenters. The summed E-state index contributed by atoms with van der Waals surface area (Å²) in [5.74, 6) is -0.0679. The van der Waals surface area contributed by atoms with Crippen molar-refractivity contribution in [2.75, 3.05) is 12.1 Å². The van der Waals surface area contributed by atoms with Crippen molar-refractivity contribution in [3.63, 3.8) is 0 Å². The zero-order chi connectivity index (χ0) is 19.9. The molecule has 0 saturated heterocycles. The van der Waals surface area contributed by atoms with Gasteiger partial charge in [-0.25, -0.2) is 4.68 Å². The molecular formula is C18H11ClF3N3O3. The Hall–Kier alpha value is -3.20. The Morgan fingerprint density at radius 1 is 1.11 bits per heavy atom. The van der Waals surface area contributed by atoms with Gasteiger partial charge in [0, 0.05) is 16.8 Å². The predicted molar refractivity (Wildman–Crippen MR) is 94.1 cm³/mol. The molecule has 0 saturated carbocycles. The van der Waals surface area contributed by atoms with Gasteiger partial charge in [0.2, 0.25) is 6.79 Å². The topological polar surface area (TPSA) is 65.4 Å². The van der Waals surface area contributed by atoms with Gasteiger partial charge in [-0.15, -0.1) is 0 Å². The van der Waals surface area contributed by atoms with Gasteiger partial charge >= 0.3 is 6.18 Å². The molecule has 2 aromatic carbocycles.